The third kappa shape index (κ3) is 5.46. The van der Waals surface area contributed by atoms with Crippen LogP contribution in [0, 0.1) is 0 Å². The normalized spacial score (nSPS) is 10.0. The topological polar surface area (TPSA) is 17.1 Å². The second kappa shape index (κ2) is 9.57. The minimum absolute atomic E-state index is 0.300. The zero-order valence-electron chi connectivity index (χ0n) is 14.1. The standard InChI is InChI=1S/C11H8OS.2C6H5.Bi/c12-11(13)10-6-5-8-3-1-2-4-9(8)7-10;2*1-2-4-6-5-3-1;/h1-7H,(H,12,13);2*1-5H;/q;;;+1/p-1. The summed E-state index contributed by atoms with van der Waals surface area (Å²) in [6.45, 7) is 0. The predicted octanol–water partition coefficient (Wildman–Crippen LogP) is 3.87. The average Bonchev–Trinajstić information content (AvgIpc) is 2.70. The van der Waals surface area contributed by atoms with E-state index in [0.717, 1.165) is 10.8 Å². The van der Waals surface area contributed by atoms with Gasteiger partial charge in [-0.1, -0.05) is 36.4 Å². The fraction of sp³-hybridized carbons (Fsp3) is 0. The molecule has 0 aliphatic heterocycles. The van der Waals surface area contributed by atoms with Crippen LogP contribution in [0.25, 0.3) is 10.8 Å². The molecule has 0 fully saturated rings. The molecule has 0 atom stereocenters. The monoisotopic (exact) mass is 550 g/mol. The Balaban J connectivity index is 0.000000151. The summed E-state index contributed by atoms with van der Waals surface area (Å²) in [5.74, 6) is 0. The van der Waals surface area contributed by atoms with Crippen LogP contribution >= 0.6 is 0 Å². The third-order valence-corrected chi connectivity index (χ3v) is 8.32. The fourth-order valence-electron chi connectivity index (χ4n) is 2.47. The molecule has 0 N–H and O–H groups in total. The SMILES string of the molecule is O=C([S-])c1ccc2ccccc2c1.c1cc[c]([Bi+][c]2ccccc2)cc1. The van der Waals surface area contributed by atoms with Crippen LogP contribution in [0.2, 0.25) is 0 Å². The molecular weight excluding hydrogens is 533 g/mol. The van der Waals surface area contributed by atoms with Crippen LogP contribution in [0.4, 0.5) is 0 Å². The van der Waals surface area contributed by atoms with Crippen LogP contribution in [0.3, 0.4) is 0 Å². The predicted molar refractivity (Wildman–Crippen MR) is 114 cm³/mol. The van der Waals surface area contributed by atoms with E-state index >= 15 is 0 Å². The molecule has 4 rings (SSSR count). The first-order chi connectivity index (χ1) is 12.7. The second-order valence-electron chi connectivity index (χ2n) is 5.63. The summed E-state index contributed by atoms with van der Waals surface area (Å²) in [5.41, 5.74) is 0.591. The van der Waals surface area contributed by atoms with E-state index in [4.69, 9.17) is 0 Å². The van der Waals surface area contributed by atoms with Gasteiger partial charge in [0.2, 0.25) is 0 Å². The van der Waals surface area contributed by atoms with E-state index in [1.54, 1.807) is 12.6 Å². The molecule has 4 aromatic rings. The van der Waals surface area contributed by atoms with E-state index in [0.29, 0.717) is 5.56 Å². The van der Waals surface area contributed by atoms with E-state index in [2.05, 4.69) is 73.3 Å². The summed E-state index contributed by atoms with van der Waals surface area (Å²) in [6, 6.07) is 35.0. The van der Waals surface area contributed by atoms with Crippen molar-refractivity contribution in [3.8, 4) is 0 Å². The van der Waals surface area contributed by atoms with Gasteiger partial charge in [-0.2, -0.15) is 0 Å². The fourth-order valence-corrected chi connectivity index (χ4v) is 6.25. The molecule has 0 spiro atoms. The van der Waals surface area contributed by atoms with Gasteiger partial charge in [0, 0.05) is 5.12 Å². The first-order valence-electron chi connectivity index (χ1n) is 8.24. The Bertz CT molecular complexity index is 947. The van der Waals surface area contributed by atoms with Gasteiger partial charge in [0.15, 0.2) is 0 Å². The molecule has 4 aromatic carbocycles. The number of hydrogen-bond donors (Lipinski definition) is 0. The summed E-state index contributed by atoms with van der Waals surface area (Å²) >= 11 is 3.96. The van der Waals surface area contributed by atoms with Crippen LogP contribution < -0.4 is 6.54 Å². The molecule has 0 saturated heterocycles. The van der Waals surface area contributed by atoms with E-state index in [1.807, 2.05) is 36.4 Å². The van der Waals surface area contributed by atoms with Crippen molar-refractivity contribution >= 4 is 58.3 Å². The van der Waals surface area contributed by atoms with Crippen molar-refractivity contribution in [2.45, 2.75) is 0 Å². The summed E-state index contributed by atoms with van der Waals surface area (Å²) in [4.78, 5) is 10.9. The summed E-state index contributed by atoms with van der Waals surface area (Å²) in [5, 5.41) is 1.88. The van der Waals surface area contributed by atoms with E-state index in [-0.39, 0.29) is 5.12 Å². The summed E-state index contributed by atoms with van der Waals surface area (Å²) in [6.07, 6.45) is 0. The van der Waals surface area contributed by atoms with Gasteiger partial charge in [-0.3, -0.25) is 0 Å². The zero-order chi connectivity index (χ0) is 18.2. The Morgan fingerprint density at radius 3 is 1.65 bits per heavy atom. The van der Waals surface area contributed by atoms with Gasteiger partial charge in [0.25, 0.3) is 0 Å². The van der Waals surface area contributed by atoms with E-state index < -0.39 is 23.2 Å². The Hall–Kier alpha value is -2.09. The van der Waals surface area contributed by atoms with Crippen molar-refractivity contribution < 1.29 is 4.79 Å². The molecule has 0 aromatic heterocycles. The molecule has 0 bridgehead atoms. The Kier molecular flexibility index (Phi) is 6.88. The molecule has 0 heterocycles. The van der Waals surface area contributed by atoms with Crippen molar-refractivity contribution in [2.24, 2.45) is 0 Å². The van der Waals surface area contributed by atoms with Crippen LogP contribution in [-0.4, -0.2) is 28.4 Å². The van der Waals surface area contributed by atoms with Gasteiger partial charge in [0.05, 0.1) is 0 Å². The van der Waals surface area contributed by atoms with Gasteiger partial charge in [-0.15, -0.1) is 0 Å². The number of rotatable bonds is 3. The molecule has 2 radical (unpaired) electrons. The second-order valence-corrected chi connectivity index (χ2v) is 10.9. The molecule has 0 saturated carbocycles. The van der Waals surface area contributed by atoms with Gasteiger partial charge < -0.3 is 17.4 Å². The molecule has 0 unspecified atom stereocenters. The van der Waals surface area contributed by atoms with Crippen LogP contribution in [0.5, 0.6) is 0 Å². The van der Waals surface area contributed by atoms with Gasteiger partial charge >= 0.3 is 90.4 Å². The van der Waals surface area contributed by atoms with Crippen molar-refractivity contribution in [1.29, 1.82) is 0 Å². The Labute approximate surface area is 171 Å². The molecular formula is C23H17BiOS. The first-order valence-corrected chi connectivity index (χ1v) is 12.1. The maximum absolute atomic E-state index is 10.9. The molecule has 26 heavy (non-hydrogen) atoms. The summed E-state index contributed by atoms with van der Waals surface area (Å²) in [7, 11) is 0. The average molecular weight is 550 g/mol. The molecule has 1 nitrogen and oxygen atoms in total. The molecule has 0 amide bonds. The van der Waals surface area contributed by atoms with E-state index in [1.165, 1.54) is 0 Å². The van der Waals surface area contributed by atoms with Gasteiger partial charge in [-0.05, 0) is 22.4 Å². The number of carbonyl (C=O) groups is 1. The maximum atomic E-state index is 10.9. The van der Waals surface area contributed by atoms with Crippen LogP contribution in [0.1, 0.15) is 10.4 Å². The Morgan fingerprint density at radius 2 is 1.12 bits per heavy atom. The Morgan fingerprint density at radius 1 is 0.615 bits per heavy atom. The minimum atomic E-state index is -0.613. The van der Waals surface area contributed by atoms with Crippen LogP contribution in [-0.2, 0) is 12.6 Å². The number of hydrogen-bond acceptors (Lipinski definition) is 2. The zero-order valence-corrected chi connectivity index (χ0v) is 18.4. The number of carbonyl (C=O) groups excluding carboxylic acids is 1. The molecule has 3 heteroatoms. The number of benzene rings is 4. The van der Waals surface area contributed by atoms with Crippen molar-refractivity contribution in [3.05, 3.63) is 109 Å². The summed E-state index contributed by atoms with van der Waals surface area (Å²) < 4.78 is 3.10. The van der Waals surface area contributed by atoms with Crippen LogP contribution in [0.15, 0.2) is 103 Å². The molecule has 0 aliphatic carbocycles. The van der Waals surface area contributed by atoms with E-state index in [9.17, 15) is 4.79 Å². The first kappa shape index (κ1) is 18.7. The third-order valence-electron chi connectivity index (χ3n) is 3.76. The van der Waals surface area contributed by atoms with Crippen molar-refractivity contribution in [1.82, 2.24) is 0 Å². The van der Waals surface area contributed by atoms with Gasteiger partial charge in [-0.25, -0.2) is 0 Å². The number of fused-ring (bicyclic) bond motifs is 1. The molecule has 126 valence electrons. The van der Waals surface area contributed by atoms with Gasteiger partial charge in [0.1, 0.15) is 0 Å². The van der Waals surface area contributed by atoms with Crippen molar-refractivity contribution in [2.75, 3.05) is 0 Å². The molecule has 0 aliphatic rings. The quantitative estimate of drug-likeness (QED) is 0.285. The van der Waals surface area contributed by atoms with Crippen molar-refractivity contribution in [3.63, 3.8) is 0 Å².